The maximum absolute atomic E-state index is 11.6. The summed E-state index contributed by atoms with van der Waals surface area (Å²) in [6.07, 6.45) is 1.37. The van der Waals surface area contributed by atoms with Gasteiger partial charge in [-0.1, -0.05) is 43.8 Å². The molecule has 0 amide bonds. The Hall–Kier alpha value is -1.61. The quantitative estimate of drug-likeness (QED) is 0.455. The zero-order valence-electron chi connectivity index (χ0n) is 10.8. The molecule has 1 heterocycles. The summed E-state index contributed by atoms with van der Waals surface area (Å²) in [4.78, 5) is 11.6. The normalized spacial score (nSPS) is 25.6. The number of benzene rings is 1. The van der Waals surface area contributed by atoms with E-state index in [0.29, 0.717) is 12.0 Å². The molecule has 2 atom stereocenters. The van der Waals surface area contributed by atoms with Crippen molar-refractivity contribution in [2.45, 2.75) is 38.6 Å². The van der Waals surface area contributed by atoms with E-state index in [4.69, 9.17) is 9.47 Å². The highest BCUT2D eigenvalue weighted by Gasteiger charge is 2.58. The van der Waals surface area contributed by atoms with Crippen LogP contribution in [-0.2, 0) is 20.7 Å². The Labute approximate surface area is 107 Å². The SMILES string of the molecule is C=C(C)C(=O)OC1(CC)OC1Cc1ccccc1. The smallest absolute Gasteiger partial charge is 0.335 e. The van der Waals surface area contributed by atoms with Crippen molar-refractivity contribution in [2.24, 2.45) is 0 Å². The van der Waals surface area contributed by atoms with E-state index >= 15 is 0 Å². The number of epoxide rings is 1. The van der Waals surface area contributed by atoms with Gasteiger partial charge in [0.25, 0.3) is 0 Å². The van der Waals surface area contributed by atoms with Crippen LogP contribution in [0.2, 0.25) is 0 Å². The van der Waals surface area contributed by atoms with Gasteiger partial charge in [0.05, 0.1) is 0 Å². The van der Waals surface area contributed by atoms with Crippen LogP contribution in [0.4, 0.5) is 0 Å². The molecule has 2 unspecified atom stereocenters. The van der Waals surface area contributed by atoms with Crippen molar-refractivity contribution in [3.8, 4) is 0 Å². The Morgan fingerprint density at radius 3 is 2.67 bits per heavy atom. The Balaban J connectivity index is 1.97. The standard InChI is InChI=1S/C15H18O3/c1-4-15(18-14(16)11(2)3)13(17-15)10-12-8-6-5-7-9-12/h5-9,13H,2,4,10H2,1,3H3. The van der Waals surface area contributed by atoms with Crippen LogP contribution >= 0.6 is 0 Å². The van der Waals surface area contributed by atoms with Gasteiger partial charge in [-0.15, -0.1) is 0 Å². The molecule has 3 heteroatoms. The van der Waals surface area contributed by atoms with Gasteiger partial charge in [0.2, 0.25) is 5.79 Å². The molecule has 96 valence electrons. The highest BCUT2D eigenvalue weighted by atomic mass is 16.8. The van der Waals surface area contributed by atoms with Crippen LogP contribution < -0.4 is 0 Å². The van der Waals surface area contributed by atoms with Crippen molar-refractivity contribution < 1.29 is 14.3 Å². The molecule has 2 rings (SSSR count). The number of hydrogen-bond acceptors (Lipinski definition) is 3. The molecule has 1 aromatic carbocycles. The summed E-state index contributed by atoms with van der Waals surface area (Å²) in [7, 11) is 0. The molecule has 0 radical (unpaired) electrons. The highest BCUT2D eigenvalue weighted by Crippen LogP contribution is 2.43. The molecule has 0 aliphatic carbocycles. The van der Waals surface area contributed by atoms with E-state index in [1.165, 1.54) is 5.56 Å². The monoisotopic (exact) mass is 246 g/mol. The van der Waals surface area contributed by atoms with Crippen LogP contribution in [0.5, 0.6) is 0 Å². The summed E-state index contributed by atoms with van der Waals surface area (Å²) in [5.74, 6) is -1.13. The van der Waals surface area contributed by atoms with E-state index in [1.54, 1.807) is 6.92 Å². The number of ether oxygens (including phenoxy) is 2. The van der Waals surface area contributed by atoms with Crippen LogP contribution in [0.25, 0.3) is 0 Å². The fraction of sp³-hybridized carbons (Fsp3) is 0.400. The summed E-state index contributed by atoms with van der Waals surface area (Å²) in [6, 6.07) is 10.0. The van der Waals surface area contributed by atoms with E-state index in [0.717, 1.165) is 6.42 Å². The summed E-state index contributed by atoms with van der Waals surface area (Å²) < 4.78 is 11.0. The summed E-state index contributed by atoms with van der Waals surface area (Å²) in [5, 5.41) is 0. The van der Waals surface area contributed by atoms with Crippen LogP contribution in [0.1, 0.15) is 25.8 Å². The Kier molecular flexibility index (Phi) is 3.53. The highest BCUT2D eigenvalue weighted by molar-refractivity contribution is 5.87. The number of carbonyl (C=O) groups excluding carboxylic acids is 1. The molecule has 0 spiro atoms. The van der Waals surface area contributed by atoms with E-state index < -0.39 is 5.79 Å². The average molecular weight is 246 g/mol. The van der Waals surface area contributed by atoms with Crippen LogP contribution in [0.3, 0.4) is 0 Å². The number of carbonyl (C=O) groups is 1. The Morgan fingerprint density at radius 2 is 2.11 bits per heavy atom. The number of esters is 1. The Bertz CT molecular complexity index is 452. The average Bonchev–Trinajstić information content (AvgIpc) is 3.03. The van der Waals surface area contributed by atoms with Gasteiger partial charge in [-0.25, -0.2) is 4.79 Å². The number of rotatable bonds is 5. The van der Waals surface area contributed by atoms with Gasteiger partial charge >= 0.3 is 5.97 Å². The maximum atomic E-state index is 11.6. The third kappa shape index (κ3) is 2.62. The zero-order chi connectivity index (χ0) is 13.2. The molecule has 0 N–H and O–H groups in total. The fourth-order valence-corrected chi connectivity index (χ4v) is 1.95. The topological polar surface area (TPSA) is 38.8 Å². The molecular weight excluding hydrogens is 228 g/mol. The van der Waals surface area contributed by atoms with Crippen LogP contribution in [0.15, 0.2) is 42.5 Å². The van der Waals surface area contributed by atoms with Crippen LogP contribution in [-0.4, -0.2) is 17.9 Å². The van der Waals surface area contributed by atoms with Gasteiger partial charge in [-0.2, -0.15) is 0 Å². The lowest BCUT2D eigenvalue weighted by Crippen LogP contribution is -2.24. The molecule has 0 bridgehead atoms. The minimum atomic E-state index is -0.744. The van der Waals surface area contributed by atoms with Crippen molar-refractivity contribution >= 4 is 5.97 Å². The van der Waals surface area contributed by atoms with Crippen molar-refractivity contribution in [1.82, 2.24) is 0 Å². The molecule has 1 aromatic rings. The van der Waals surface area contributed by atoms with Gasteiger partial charge < -0.3 is 9.47 Å². The Morgan fingerprint density at radius 1 is 1.44 bits per heavy atom. The molecule has 1 fully saturated rings. The summed E-state index contributed by atoms with van der Waals surface area (Å²) in [5.41, 5.74) is 1.58. The summed E-state index contributed by atoms with van der Waals surface area (Å²) in [6.45, 7) is 7.17. The third-order valence-electron chi connectivity index (χ3n) is 3.15. The molecule has 0 aromatic heterocycles. The van der Waals surface area contributed by atoms with E-state index in [9.17, 15) is 4.79 Å². The number of hydrogen-bond donors (Lipinski definition) is 0. The van der Waals surface area contributed by atoms with Crippen molar-refractivity contribution in [2.75, 3.05) is 0 Å². The second-order valence-electron chi connectivity index (χ2n) is 4.63. The minimum absolute atomic E-state index is 0.0480. The predicted octanol–water partition coefficient (Wildman–Crippen LogP) is 2.85. The zero-order valence-corrected chi connectivity index (χ0v) is 10.8. The first-order valence-electron chi connectivity index (χ1n) is 6.18. The molecule has 1 saturated heterocycles. The first-order chi connectivity index (χ1) is 8.57. The molecule has 3 nitrogen and oxygen atoms in total. The van der Waals surface area contributed by atoms with E-state index in [2.05, 4.69) is 6.58 Å². The lowest BCUT2D eigenvalue weighted by atomic mass is 10.1. The van der Waals surface area contributed by atoms with Crippen LogP contribution in [0, 0.1) is 0 Å². The predicted molar refractivity (Wildman–Crippen MR) is 68.9 cm³/mol. The van der Waals surface area contributed by atoms with E-state index in [-0.39, 0.29) is 12.1 Å². The van der Waals surface area contributed by atoms with Gasteiger partial charge in [-0.05, 0) is 12.5 Å². The molecule has 0 saturated carbocycles. The van der Waals surface area contributed by atoms with Gasteiger partial charge in [0, 0.05) is 18.4 Å². The first kappa shape index (κ1) is 12.8. The molecule has 18 heavy (non-hydrogen) atoms. The fourth-order valence-electron chi connectivity index (χ4n) is 1.95. The second kappa shape index (κ2) is 4.94. The van der Waals surface area contributed by atoms with Gasteiger partial charge in [-0.3, -0.25) is 0 Å². The largest absolute Gasteiger partial charge is 0.427 e. The molecular formula is C15H18O3. The summed E-state index contributed by atoms with van der Waals surface area (Å²) >= 11 is 0. The van der Waals surface area contributed by atoms with Crippen molar-refractivity contribution in [3.63, 3.8) is 0 Å². The lowest BCUT2D eigenvalue weighted by molar-refractivity contribution is -0.154. The van der Waals surface area contributed by atoms with Gasteiger partial charge in [0.15, 0.2) is 0 Å². The molecule has 1 aliphatic rings. The molecule has 1 aliphatic heterocycles. The second-order valence-corrected chi connectivity index (χ2v) is 4.63. The third-order valence-corrected chi connectivity index (χ3v) is 3.15. The first-order valence-corrected chi connectivity index (χ1v) is 6.18. The van der Waals surface area contributed by atoms with E-state index in [1.807, 2.05) is 37.3 Å². The lowest BCUT2D eigenvalue weighted by Gasteiger charge is -2.12. The maximum Gasteiger partial charge on any atom is 0.335 e. The van der Waals surface area contributed by atoms with Crippen molar-refractivity contribution in [1.29, 1.82) is 0 Å². The minimum Gasteiger partial charge on any atom is -0.427 e. The van der Waals surface area contributed by atoms with Gasteiger partial charge in [0.1, 0.15) is 6.10 Å². The van der Waals surface area contributed by atoms with Crippen molar-refractivity contribution in [3.05, 3.63) is 48.0 Å².